The fourth-order valence-corrected chi connectivity index (χ4v) is 2.69. The van der Waals surface area contributed by atoms with Crippen molar-refractivity contribution in [2.24, 2.45) is 11.3 Å². The summed E-state index contributed by atoms with van der Waals surface area (Å²) in [5.74, 6) is 0.0433. The number of aliphatic hydroxyl groups excluding tert-OH is 1. The summed E-state index contributed by atoms with van der Waals surface area (Å²) < 4.78 is 0. The SMILES string of the molecule is CCC1CCC(CCC(C)O)(C(=O)O)CC1. The largest absolute Gasteiger partial charge is 0.481 e. The van der Waals surface area contributed by atoms with Gasteiger partial charge in [0.2, 0.25) is 0 Å². The van der Waals surface area contributed by atoms with Crippen LogP contribution in [0.5, 0.6) is 0 Å². The molecule has 0 saturated heterocycles. The zero-order valence-corrected chi connectivity index (χ0v) is 10.4. The molecule has 0 heterocycles. The Balaban J connectivity index is 2.58. The Labute approximate surface area is 97.9 Å². The quantitative estimate of drug-likeness (QED) is 0.760. The highest BCUT2D eigenvalue weighted by atomic mass is 16.4. The molecule has 1 fully saturated rings. The molecule has 0 bridgehead atoms. The summed E-state index contributed by atoms with van der Waals surface area (Å²) in [6.07, 6.45) is 5.62. The summed E-state index contributed by atoms with van der Waals surface area (Å²) in [6.45, 7) is 3.90. The zero-order chi connectivity index (χ0) is 12.2. The molecular weight excluding hydrogens is 204 g/mol. The molecule has 1 saturated carbocycles. The van der Waals surface area contributed by atoms with Crippen molar-refractivity contribution in [2.45, 2.75) is 64.9 Å². The molecule has 94 valence electrons. The van der Waals surface area contributed by atoms with E-state index in [-0.39, 0.29) is 6.10 Å². The van der Waals surface area contributed by atoms with Crippen LogP contribution in [0.3, 0.4) is 0 Å². The predicted molar refractivity (Wildman–Crippen MR) is 63.2 cm³/mol. The third kappa shape index (κ3) is 3.21. The lowest BCUT2D eigenvalue weighted by molar-refractivity contribution is -0.152. The van der Waals surface area contributed by atoms with Crippen molar-refractivity contribution in [3.8, 4) is 0 Å². The third-order valence-corrected chi connectivity index (χ3v) is 4.13. The van der Waals surface area contributed by atoms with Crippen LogP contribution >= 0.6 is 0 Å². The van der Waals surface area contributed by atoms with Gasteiger partial charge in [-0.1, -0.05) is 13.3 Å². The van der Waals surface area contributed by atoms with Gasteiger partial charge < -0.3 is 10.2 Å². The maximum atomic E-state index is 11.4. The highest BCUT2D eigenvalue weighted by Crippen LogP contribution is 2.43. The second kappa shape index (κ2) is 5.67. The fourth-order valence-electron chi connectivity index (χ4n) is 2.69. The van der Waals surface area contributed by atoms with Crippen molar-refractivity contribution in [3.63, 3.8) is 0 Å². The van der Waals surface area contributed by atoms with Gasteiger partial charge >= 0.3 is 5.97 Å². The molecule has 1 aliphatic carbocycles. The summed E-state index contributed by atoms with van der Waals surface area (Å²) in [6, 6.07) is 0. The first-order valence-electron chi connectivity index (χ1n) is 6.41. The molecule has 1 aliphatic rings. The number of aliphatic carboxylic acids is 1. The number of hydrogen-bond donors (Lipinski definition) is 2. The van der Waals surface area contributed by atoms with E-state index >= 15 is 0 Å². The molecule has 0 spiro atoms. The Morgan fingerprint density at radius 2 is 2.00 bits per heavy atom. The maximum absolute atomic E-state index is 11.4. The van der Waals surface area contributed by atoms with Gasteiger partial charge in [0.05, 0.1) is 11.5 Å². The lowest BCUT2D eigenvalue weighted by Crippen LogP contribution is -2.36. The molecule has 16 heavy (non-hydrogen) atoms. The van der Waals surface area contributed by atoms with E-state index in [0.29, 0.717) is 18.8 Å². The molecule has 0 radical (unpaired) electrons. The van der Waals surface area contributed by atoms with E-state index < -0.39 is 11.4 Å². The minimum atomic E-state index is -0.664. The molecular formula is C13H24O3. The summed E-state index contributed by atoms with van der Waals surface area (Å²) >= 11 is 0. The van der Waals surface area contributed by atoms with Crippen LogP contribution in [0.15, 0.2) is 0 Å². The lowest BCUT2D eigenvalue weighted by atomic mass is 9.67. The summed E-state index contributed by atoms with van der Waals surface area (Å²) in [4.78, 5) is 11.4. The Morgan fingerprint density at radius 3 is 2.38 bits per heavy atom. The second-order valence-corrected chi connectivity index (χ2v) is 5.32. The van der Waals surface area contributed by atoms with Crippen LogP contribution in [0.25, 0.3) is 0 Å². The van der Waals surface area contributed by atoms with Crippen LogP contribution in [-0.2, 0) is 4.79 Å². The predicted octanol–water partition coefficient (Wildman–Crippen LogP) is 2.82. The van der Waals surface area contributed by atoms with Gasteiger partial charge in [-0.25, -0.2) is 0 Å². The molecule has 1 unspecified atom stereocenters. The van der Waals surface area contributed by atoms with E-state index in [2.05, 4.69) is 6.92 Å². The van der Waals surface area contributed by atoms with Gasteiger partial charge in [0.1, 0.15) is 0 Å². The number of hydrogen-bond acceptors (Lipinski definition) is 2. The molecule has 3 heteroatoms. The Kier molecular flexibility index (Phi) is 4.78. The van der Waals surface area contributed by atoms with E-state index in [4.69, 9.17) is 0 Å². The van der Waals surface area contributed by atoms with Crippen molar-refractivity contribution in [3.05, 3.63) is 0 Å². The van der Waals surface area contributed by atoms with Crippen molar-refractivity contribution < 1.29 is 15.0 Å². The van der Waals surface area contributed by atoms with Crippen molar-refractivity contribution in [1.82, 2.24) is 0 Å². The van der Waals surface area contributed by atoms with E-state index in [9.17, 15) is 15.0 Å². The Bertz CT molecular complexity index is 227. The first-order valence-corrected chi connectivity index (χ1v) is 6.41. The van der Waals surface area contributed by atoms with Crippen LogP contribution in [-0.4, -0.2) is 22.3 Å². The second-order valence-electron chi connectivity index (χ2n) is 5.32. The van der Waals surface area contributed by atoms with Crippen molar-refractivity contribution in [1.29, 1.82) is 0 Å². The Morgan fingerprint density at radius 1 is 1.44 bits per heavy atom. The van der Waals surface area contributed by atoms with E-state index in [0.717, 1.165) is 32.1 Å². The molecule has 3 nitrogen and oxygen atoms in total. The highest BCUT2D eigenvalue weighted by molar-refractivity contribution is 5.74. The van der Waals surface area contributed by atoms with Crippen LogP contribution in [0.1, 0.15) is 58.8 Å². The zero-order valence-electron chi connectivity index (χ0n) is 10.4. The van der Waals surface area contributed by atoms with E-state index in [1.54, 1.807) is 6.92 Å². The maximum Gasteiger partial charge on any atom is 0.309 e. The van der Waals surface area contributed by atoms with Gasteiger partial charge in [-0.2, -0.15) is 0 Å². The smallest absolute Gasteiger partial charge is 0.309 e. The van der Waals surface area contributed by atoms with Gasteiger partial charge in [-0.05, 0) is 51.4 Å². The Hall–Kier alpha value is -0.570. The summed E-state index contributed by atoms with van der Waals surface area (Å²) in [5, 5.41) is 18.7. The molecule has 0 aromatic rings. The first-order chi connectivity index (χ1) is 7.50. The van der Waals surface area contributed by atoms with Crippen LogP contribution in [0, 0.1) is 11.3 Å². The molecule has 0 aliphatic heterocycles. The summed E-state index contributed by atoms with van der Waals surface area (Å²) in [7, 11) is 0. The molecule has 1 rings (SSSR count). The number of carboxylic acid groups (broad SMARTS) is 1. The molecule has 2 N–H and O–H groups in total. The average molecular weight is 228 g/mol. The standard InChI is InChI=1S/C13H24O3/c1-3-11-5-8-13(9-6-11,12(15)16)7-4-10(2)14/h10-11,14H,3-9H2,1-2H3,(H,15,16). The molecule has 1 atom stereocenters. The highest BCUT2D eigenvalue weighted by Gasteiger charge is 2.41. The van der Waals surface area contributed by atoms with Gasteiger partial charge in [-0.3, -0.25) is 4.79 Å². The molecule has 0 aromatic heterocycles. The van der Waals surface area contributed by atoms with Crippen LogP contribution in [0.2, 0.25) is 0 Å². The third-order valence-electron chi connectivity index (χ3n) is 4.13. The van der Waals surface area contributed by atoms with Gasteiger partial charge in [0.25, 0.3) is 0 Å². The van der Waals surface area contributed by atoms with Gasteiger partial charge in [-0.15, -0.1) is 0 Å². The number of carbonyl (C=O) groups is 1. The number of carboxylic acids is 1. The minimum absolute atomic E-state index is 0.389. The topological polar surface area (TPSA) is 57.5 Å². The first kappa shape index (κ1) is 13.5. The normalized spacial score (nSPS) is 32.3. The van der Waals surface area contributed by atoms with Crippen LogP contribution < -0.4 is 0 Å². The van der Waals surface area contributed by atoms with Crippen LogP contribution in [0.4, 0.5) is 0 Å². The summed E-state index contributed by atoms with van der Waals surface area (Å²) in [5.41, 5.74) is -0.553. The number of rotatable bonds is 5. The molecule has 0 aromatic carbocycles. The monoisotopic (exact) mass is 228 g/mol. The fraction of sp³-hybridized carbons (Fsp3) is 0.923. The number of aliphatic hydroxyl groups is 1. The van der Waals surface area contributed by atoms with Crippen molar-refractivity contribution >= 4 is 5.97 Å². The average Bonchev–Trinajstić information content (AvgIpc) is 2.26. The van der Waals surface area contributed by atoms with E-state index in [1.165, 1.54) is 0 Å². The van der Waals surface area contributed by atoms with Crippen molar-refractivity contribution in [2.75, 3.05) is 0 Å². The van der Waals surface area contributed by atoms with E-state index in [1.807, 2.05) is 0 Å². The van der Waals surface area contributed by atoms with Gasteiger partial charge in [0, 0.05) is 0 Å². The lowest BCUT2D eigenvalue weighted by Gasteiger charge is -2.37. The minimum Gasteiger partial charge on any atom is -0.481 e. The van der Waals surface area contributed by atoms with Gasteiger partial charge in [0.15, 0.2) is 0 Å². The molecule has 0 amide bonds.